The Morgan fingerprint density at radius 2 is 1.90 bits per heavy atom. The number of amides is 1. The first kappa shape index (κ1) is 25.9. The van der Waals surface area contributed by atoms with Crippen LogP contribution in [0.25, 0.3) is 21.3 Å². The molecule has 3 aromatic heterocycles. The molecule has 0 radical (unpaired) electrons. The van der Waals surface area contributed by atoms with Crippen LogP contribution >= 0.6 is 11.3 Å². The Labute approximate surface area is 224 Å². The summed E-state index contributed by atoms with van der Waals surface area (Å²) in [5.74, 6) is 0.0546. The molecule has 3 heterocycles. The molecule has 0 unspecified atom stereocenters. The maximum absolute atomic E-state index is 13.3. The van der Waals surface area contributed by atoms with Crippen molar-refractivity contribution in [1.29, 1.82) is 0 Å². The second kappa shape index (κ2) is 10.6. The van der Waals surface area contributed by atoms with Gasteiger partial charge >= 0.3 is 6.18 Å². The van der Waals surface area contributed by atoms with Gasteiger partial charge in [0.05, 0.1) is 30.3 Å². The molecule has 4 N–H and O–H groups in total. The molecule has 0 aliphatic carbocycles. The molecule has 0 saturated heterocycles. The summed E-state index contributed by atoms with van der Waals surface area (Å²) in [4.78, 5) is 27.5. The Balaban J connectivity index is 1.32. The zero-order valence-corrected chi connectivity index (χ0v) is 21.2. The SMILES string of the molecule is COc1cc(NC(=O)c2cccnc2NCc2ccc(-c3ccc4ncnc(N)c4c3)s2)cc(C(F)(F)F)c1. The fraction of sp³-hybridized carbons (Fsp3) is 0.111. The highest BCUT2D eigenvalue weighted by Crippen LogP contribution is 2.35. The number of nitrogens with two attached hydrogens (primary N) is 1. The van der Waals surface area contributed by atoms with Gasteiger partial charge in [-0.3, -0.25) is 4.79 Å². The standard InChI is InChI=1S/C27H21F3N6O2S/c1-38-18-11-16(27(28,29)30)10-17(12-18)36-26(37)20-3-2-8-32-25(20)33-13-19-5-7-23(39-19)15-4-6-22-21(9-15)24(31)35-14-34-22/h2-12,14H,13H2,1H3,(H,32,33)(H,36,37)(H2,31,34,35). The van der Waals surface area contributed by atoms with Crippen molar-refractivity contribution < 1.29 is 22.7 Å². The Morgan fingerprint density at radius 3 is 2.69 bits per heavy atom. The van der Waals surface area contributed by atoms with Crippen molar-refractivity contribution in [1.82, 2.24) is 15.0 Å². The van der Waals surface area contributed by atoms with E-state index < -0.39 is 17.6 Å². The van der Waals surface area contributed by atoms with E-state index >= 15 is 0 Å². The molecule has 0 spiro atoms. The molecule has 2 aromatic carbocycles. The molecular formula is C27H21F3N6O2S. The van der Waals surface area contributed by atoms with Gasteiger partial charge in [0.1, 0.15) is 23.7 Å². The number of alkyl halides is 3. The molecule has 0 aliphatic heterocycles. The molecule has 0 atom stereocenters. The molecule has 0 saturated carbocycles. The van der Waals surface area contributed by atoms with Crippen molar-refractivity contribution in [2.75, 3.05) is 23.5 Å². The van der Waals surface area contributed by atoms with Crippen molar-refractivity contribution in [2.24, 2.45) is 0 Å². The number of methoxy groups -OCH3 is 1. The summed E-state index contributed by atoms with van der Waals surface area (Å²) >= 11 is 1.55. The number of nitrogens with zero attached hydrogens (tertiary/aromatic N) is 3. The Bertz CT molecular complexity index is 1670. The third-order valence-electron chi connectivity index (χ3n) is 5.82. The summed E-state index contributed by atoms with van der Waals surface area (Å²) in [5.41, 5.74) is 6.91. The fourth-order valence-electron chi connectivity index (χ4n) is 3.91. The third kappa shape index (κ3) is 5.75. The Hall–Kier alpha value is -4.71. The molecule has 1 amide bonds. The van der Waals surface area contributed by atoms with E-state index in [4.69, 9.17) is 10.5 Å². The van der Waals surface area contributed by atoms with Crippen LogP contribution in [-0.2, 0) is 12.7 Å². The summed E-state index contributed by atoms with van der Waals surface area (Å²) in [6, 6.07) is 15.9. The number of hydrogen-bond donors (Lipinski definition) is 3. The van der Waals surface area contributed by atoms with Gasteiger partial charge in [0.25, 0.3) is 5.91 Å². The fourth-order valence-corrected chi connectivity index (χ4v) is 4.85. The van der Waals surface area contributed by atoms with Crippen molar-refractivity contribution in [3.05, 3.63) is 89.2 Å². The van der Waals surface area contributed by atoms with E-state index in [0.717, 1.165) is 38.4 Å². The van der Waals surface area contributed by atoms with Crippen LogP contribution in [0.1, 0.15) is 20.8 Å². The normalized spacial score (nSPS) is 11.4. The quantitative estimate of drug-likeness (QED) is 0.220. The van der Waals surface area contributed by atoms with E-state index in [1.54, 1.807) is 17.4 Å². The summed E-state index contributed by atoms with van der Waals surface area (Å²) in [7, 11) is 1.25. The average molecular weight is 551 g/mol. The van der Waals surface area contributed by atoms with Gasteiger partial charge in [0.15, 0.2) is 0 Å². The van der Waals surface area contributed by atoms with E-state index in [0.29, 0.717) is 18.2 Å². The maximum atomic E-state index is 13.3. The number of pyridine rings is 1. The number of nitrogen functional groups attached to an aromatic ring is 1. The number of hydrogen-bond acceptors (Lipinski definition) is 8. The molecule has 12 heteroatoms. The van der Waals surface area contributed by atoms with Crippen molar-refractivity contribution >= 4 is 45.5 Å². The first-order valence-electron chi connectivity index (χ1n) is 11.6. The van der Waals surface area contributed by atoms with Gasteiger partial charge in [0, 0.05) is 33.1 Å². The average Bonchev–Trinajstić information content (AvgIpc) is 3.40. The molecule has 0 bridgehead atoms. The molecule has 8 nitrogen and oxygen atoms in total. The zero-order chi connectivity index (χ0) is 27.6. The van der Waals surface area contributed by atoms with Gasteiger partial charge in [-0.2, -0.15) is 13.2 Å². The second-order valence-electron chi connectivity index (χ2n) is 8.41. The third-order valence-corrected chi connectivity index (χ3v) is 6.96. The number of ether oxygens (including phenoxy) is 1. The Morgan fingerprint density at radius 1 is 1.05 bits per heavy atom. The Kier molecular flexibility index (Phi) is 7.03. The highest BCUT2D eigenvalue weighted by molar-refractivity contribution is 7.15. The lowest BCUT2D eigenvalue weighted by atomic mass is 10.1. The minimum absolute atomic E-state index is 0.0280. The molecule has 0 fully saturated rings. The monoisotopic (exact) mass is 550 g/mol. The lowest BCUT2D eigenvalue weighted by Crippen LogP contribution is -2.16. The molecule has 5 aromatic rings. The van der Waals surface area contributed by atoms with Gasteiger partial charge in [-0.1, -0.05) is 6.07 Å². The van der Waals surface area contributed by atoms with Gasteiger partial charge in [-0.05, 0) is 54.1 Å². The number of aromatic nitrogens is 3. The van der Waals surface area contributed by atoms with E-state index in [1.807, 2.05) is 30.3 Å². The highest BCUT2D eigenvalue weighted by atomic mass is 32.1. The summed E-state index contributed by atoms with van der Waals surface area (Å²) in [5, 5.41) is 6.43. The van der Waals surface area contributed by atoms with Gasteiger partial charge < -0.3 is 21.1 Å². The largest absolute Gasteiger partial charge is 0.497 e. The van der Waals surface area contributed by atoms with Crippen molar-refractivity contribution in [2.45, 2.75) is 12.7 Å². The molecule has 5 rings (SSSR count). The van der Waals surface area contributed by atoms with Gasteiger partial charge in [-0.15, -0.1) is 11.3 Å². The van der Waals surface area contributed by atoms with Crippen molar-refractivity contribution in [3.63, 3.8) is 0 Å². The number of rotatable bonds is 7. The number of carbonyl (C=O) groups excluding carboxylic acids is 1. The minimum atomic E-state index is -4.60. The second-order valence-corrected chi connectivity index (χ2v) is 9.58. The van der Waals surface area contributed by atoms with Crippen LogP contribution in [0.4, 0.5) is 30.5 Å². The van der Waals surface area contributed by atoms with Crippen LogP contribution in [0.2, 0.25) is 0 Å². The lowest BCUT2D eigenvalue weighted by molar-refractivity contribution is -0.137. The minimum Gasteiger partial charge on any atom is -0.497 e. The van der Waals surface area contributed by atoms with Crippen LogP contribution < -0.4 is 21.1 Å². The number of fused-ring (bicyclic) bond motifs is 1. The van der Waals surface area contributed by atoms with E-state index in [1.165, 1.54) is 31.8 Å². The van der Waals surface area contributed by atoms with E-state index in [-0.39, 0.29) is 17.0 Å². The summed E-state index contributed by atoms with van der Waals surface area (Å²) in [6.07, 6.45) is -1.65. The number of benzene rings is 2. The number of anilines is 3. The number of nitrogens with one attached hydrogen (secondary N) is 2. The molecule has 39 heavy (non-hydrogen) atoms. The number of halogens is 3. The molecular weight excluding hydrogens is 529 g/mol. The van der Waals surface area contributed by atoms with Crippen LogP contribution in [0.5, 0.6) is 5.75 Å². The summed E-state index contributed by atoms with van der Waals surface area (Å²) < 4.78 is 44.8. The van der Waals surface area contributed by atoms with Crippen LogP contribution in [-0.4, -0.2) is 28.0 Å². The predicted molar refractivity (Wildman–Crippen MR) is 145 cm³/mol. The van der Waals surface area contributed by atoms with Gasteiger partial charge in [0.2, 0.25) is 0 Å². The van der Waals surface area contributed by atoms with Crippen LogP contribution in [0, 0.1) is 0 Å². The number of carbonyl (C=O) groups is 1. The molecule has 198 valence electrons. The molecule has 0 aliphatic rings. The highest BCUT2D eigenvalue weighted by Gasteiger charge is 2.31. The summed E-state index contributed by atoms with van der Waals surface area (Å²) in [6.45, 7) is 0.373. The zero-order valence-electron chi connectivity index (χ0n) is 20.4. The van der Waals surface area contributed by atoms with E-state index in [2.05, 4.69) is 25.6 Å². The van der Waals surface area contributed by atoms with Crippen LogP contribution in [0.3, 0.4) is 0 Å². The van der Waals surface area contributed by atoms with Crippen molar-refractivity contribution in [3.8, 4) is 16.2 Å². The smallest absolute Gasteiger partial charge is 0.416 e. The van der Waals surface area contributed by atoms with Gasteiger partial charge in [-0.25, -0.2) is 15.0 Å². The van der Waals surface area contributed by atoms with E-state index in [9.17, 15) is 18.0 Å². The first-order valence-corrected chi connectivity index (χ1v) is 12.4. The predicted octanol–water partition coefficient (Wildman–Crippen LogP) is 6.23. The first-order chi connectivity index (χ1) is 18.7. The van der Waals surface area contributed by atoms with Crippen LogP contribution in [0.15, 0.2) is 73.2 Å². The lowest BCUT2D eigenvalue weighted by Gasteiger charge is -2.14. The topological polar surface area (TPSA) is 115 Å². The number of thiophene rings is 1. The maximum Gasteiger partial charge on any atom is 0.416 e.